The lowest BCUT2D eigenvalue weighted by atomic mass is 10.4. The predicted molar refractivity (Wildman–Crippen MR) is 56.5 cm³/mol. The number of rotatable bonds is 1. The Morgan fingerprint density at radius 3 is 2.71 bits per heavy atom. The number of hydrogen-bond acceptors (Lipinski definition) is 2. The van der Waals surface area contributed by atoms with Gasteiger partial charge in [-0.15, -0.1) is 0 Å². The highest BCUT2D eigenvalue weighted by Crippen LogP contribution is 2.08. The Hall–Kier alpha value is -1.36. The van der Waals surface area contributed by atoms with Crippen LogP contribution in [0.15, 0.2) is 40.0 Å². The highest BCUT2D eigenvalue weighted by molar-refractivity contribution is 9.10. The molecule has 5 heteroatoms. The summed E-state index contributed by atoms with van der Waals surface area (Å²) in [5.41, 5.74) is 0.716. The Balaban J connectivity index is 2.53. The van der Waals surface area contributed by atoms with Gasteiger partial charge < -0.3 is 4.57 Å². The third-order valence-electron chi connectivity index (χ3n) is 1.91. The first-order valence-corrected chi connectivity index (χ1v) is 4.84. The summed E-state index contributed by atoms with van der Waals surface area (Å²) in [6, 6.07) is 5.19. The molecule has 0 unspecified atom stereocenters. The van der Waals surface area contributed by atoms with Gasteiger partial charge in [-0.2, -0.15) is 5.10 Å². The van der Waals surface area contributed by atoms with Crippen molar-refractivity contribution in [3.05, 3.63) is 45.5 Å². The van der Waals surface area contributed by atoms with E-state index in [4.69, 9.17) is 0 Å². The summed E-state index contributed by atoms with van der Waals surface area (Å²) in [7, 11) is 1.71. The quantitative estimate of drug-likeness (QED) is 0.770. The lowest BCUT2D eigenvalue weighted by Crippen LogP contribution is -2.15. The van der Waals surface area contributed by atoms with Gasteiger partial charge in [0.15, 0.2) is 0 Å². The number of aryl methyl sites for hydroxylation is 1. The van der Waals surface area contributed by atoms with E-state index < -0.39 is 0 Å². The Morgan fingerprint density at radius 2 is 2.14 bits per heavy atom. The van der Waals surface area contributed by atoms with Gasteiger partial charge in [-0.3, -0.25) is 4.79 Å². The second kappa shape index (κ2) is 3.42. The molecule has 0 saturated carbocycles. The summed E-state index contributed by atoms with van der Waals surface area (Å²) >= 11 is 3.25. The van der Waals surface area contributed by atoms with E-state index in [1.54, 1.807) is 30.2 Å². The van der Waals surface area contributed by atoms with E-state index >= 15 is 0 Å². The zero-order valence-corrected chi connectivity index (χ0v) is 9.10. The van der Waals surface area contributed by atoms with Crippen LogP contribution < -0.4 is 5.56 Å². The third kappa shape index (κ3) is 1.63. The number of halogens is 1. The van der Waals surface area contributed by atoms with Crippen molar-refractivity contribution in [1.29, 1.82) is 0 Å². The molecule has 4 nitrogen and oxygen atoms in total. The van der Waals surface area contributed by atoms with Crippen LogP contribution in [0.4, 0.5) is 0 Å². The average Bonchev–Trinajstić information content (AvgIpc) is 2.57. The molecular formula is C9H8BrN3O. The van der Waals surface area contributed by atoms with Crippen LogP contribution in [0.1, 0.15) is 0 Å². The molecule has 2 aromatic heterocycles. The predicted octanol–water partition coefficient (Wildman–Crippen LogP) is 1.33. The van der Waals surface area contributed by atoms with Crippen molar-refractivity contribution in [1.82, 2.24) is 14.3 Å². The normalized spacial score (nSPS) is 10.4. The first-order chi connectivity index (χ1) is 6.66. The molecule has 0 aromatic carbocycles. The topological polar surface area (TPSA) is 39.8 Å². The molecule has 2 aromatic rings. The summed E-state index contributed by atoms with van der Waals surface area (Å²) in [6.07, 6.45) is 3.51. The lowest BCUT2D eigenvalue weighted by molar-refractivity contribution is 0.823. The van der Waals surface area contributed by atoms with Gasteiger partial charge in [0.2, 0.25) is 0 Å². The number of pyridine rings is 1. The van der Waals surface area contributed by atoms with Crippen LogP contribution in [0.5, 0.6) is 0 Å². The van der Waals surface area contributed by atoms with Gasteiger partial charge in [0.1, 0.15) is 4.60 Å². The van der Waals surface area contributed by atoms with Crippen molar-refractivity contribution < 1.29 is 0 Å². The van der Waals surface area contributed by atoms with Crippen LogP contribution in [-0.4, -0.2) is 14.3 Å². The smallest absolute Gasteiger partial charge is 0.252 e. The van der Waals surface area contributed by atoms with Crippen molar-refractivity contribution >= 4 is 15.9 Å². The van der Waals surface area contributed by atoms with Crippen LogP contribution in [0.25, 0.3) is 5.69 Å². The number of nitrogens with zero attached hydrogens (tertiary/aromatic N) is 3. The molecule has 2 heterocycles. The Morgan fingerprint density at radius 1 is 1.36 bits per heavy atom. The molecule has 0 aliphatic rings. The maximum Gasteiger partial charge on any atom is 0.252 e. The fraction of sp³-hybridized carbons (Fsp3) is 0.111. The standard InChI is InChI=1S/C9H8BrN3O/c1-12-4-2-7(6-9(12)14)13-5-3-8(10)11-13/h2-6H,1H3. The fourth-order valence-corrected chi connectivity index (χ4v) is 1.42. The van der Waals surface area contributed by atoms with Gasteiger partial charge in [0, 0.05) is 25.5 Å². The fourth-order valence-electron chi connectivity index (χ4n) is 1.13. The van der Waals surface area contributed by atoms with E-state index in [1.807, 2.05) is 12.1 Å². The van der Waals surface area contributed by atoms with E-state index in [1.165, 1.54) is 4.57 Å². The largest absolute Gasteiger partial charge is 0.318 e. The Bertz CT molecular complexity index is 515. The van der Waals surface area contributed by atoms with Gasteiger partial charge in [0.25, 0.3) is 5.56 Å². The zero-order valence-electron chi connectivity index (χ0n) is 7.51. The van der Waals surface area contributed by atoms with Crippen molar-refractivity contribution in [2.45, 2.75) is 0 Å². The number of hydrogen-bond donors (Lipinski definition) is 0. The first-order valence-electron chi connectivity index (χ1n) is 4.05. The molecule has 2 rings (SSSR count). The molecule has 0 radical (unpaired) electrons. The molecule has 0 N–H and O–H groups in total. The molecule has 0 aliphatic heterocycles. The summed E-state index contributed by atoms with van der Waals surface area (Å²) < 4.78 is 3.91. The molecule has 0 aliphatic carbocycles. The minimum absolute atomic E-state index is 0.0471. The summed E-state index contributed by atoms with van der Waals surface area (Å²) in [5.74, 6) is 0. The minimum atomic E-state index is -0.0471. The molecule has 14 heavy (non-hydrogen) atoms. The molecule has 0 spiro atoms. The van der Waals surface area contributed by atoms with Gasteiger partial charge in [-0.05, 0) is 28.1 Å². The van der Waals surface area contributed by atoms with E-state index in [0.29, 0.717) is 0 Å². The van der Waals surface area contributed by atoms with Crippen molar-refractivity contribution in [2.75, 3.05) is 0 Å². The lowest BCUT2D eigenvalue weighted by Gasteiger charge is -2.01. The molecular weight excluding hydrogens is 246 g/mol. The van der Waals surface area contributed by atoms with Gasteiger partial charge in [-0.1, -0.05) is 0 Å². The van der Waals surface area contributed by atoms with Crippen LogP contribution >= 0.6 is 15.9 Å². The van der Waals surface area contributed by atoms with E-state index in [-0.39, 0.29) is 5.56 Å². The van der Waals surface area contributed by atoms with Crippen LogP contribution in [0, 0.1) is 0 Å². The molecule has 0 atom stereocenters. The maximum absolute atomic E-state index is 11.3. The maximum atomic E-state index is 11.3. The van der Waals surface area contributed by atoms with Crippen molar-refractivity contribution in [2.24, 2.45) is 7.05 Å². The molecule has 72 valence electrons. The molecule has 0 fully saturated rings. The molecule has 0 saturated heterocycles. The highest BCUT2D eigenvalue weighted by atomic mass is 79.9. The third-order valence-corrected chi connectivity index (χ3v) is 2.33. The second-order valence-electron chi connectivity index (χ2n) is 2.92. The van der Waals surface area contributed by atoms with Gasteiger partial charge >= 0.3 is 0 Å². The summed E-state index contributed by atoms with van der Waals surface area (Å²) in [4.78, 5) is 11.3. The van der Waals surface area contributed by atoms with E-state index in [0.717, 1.165) is 10.3 Å². The highest BCUT2D eigenvalue weighted by Gasteiger charge is 1.99. The second-order valence-corrected chi connectivity index (χ2v) is 3.73. The SMILES string of the molecule is Cn1ccc(-n2ccc(Br)n2)cc1=O. The monoisotopic (exact) mass is 253 g/mol. The molecule has 0 amide bonds. The number of aromatic nitrogens is 3. The van der Waals surface area contributed by atoms with E-state index in [9.17, 15) is 4.79 Å². The van der Waals surface area contributed by atoms with Gasteiger partial charge in [-0.25, -0.2) is 4.68 Å². The van der Waals surface area contributed by atoms with Crippen LogP contribution in [0.3, 0.4) is 0 Å². The van der Waals surface area contributed by atoms with Crippen LogP contribution in [0.2, 0.25) is 0 Å². The first kappa shape index (κ1) is 9.21. The molecule has 0 bridgehead atoms. The summed E-state index contributed by atoms with van der Waals surface area (Å²) in [6.45, 7) is 0. The summed E-state index contributed by atoms with van der Waals surface area (Å²) in [5, 5.41) is 4.14. The van der Waals surface area contributed by atoms with Crippen LogP contribution in [-0.2, 0) is 7.05 Å². The van der Waals surface area contributed by atoms with Gasteiger partial charge in [0.05, 0.1) is 5.69 Å². The van der Waals surface area contributed by atoms with Crippen molar-refractivity contribution in [3.8, 4) is 5.69 Å². The van der Waals surface area contributed by atoms with E-state index in [2.05, 4.69) is 21.0 Å². The Kier molecular flexibility index (Phi) is 2.25. The average molecular weight is 254 g/mol. The van der Waals surface area contributed by atoms with Crippen molar-refractivity contribution in [3.63, 3.8) is 0 Å². The zero-order chi connectivity index (χ0) is 10.1. The Labute approximate surface area is 88.9 Å². The minimum Gasteiger partial charge on any atom is -0.318 e.